The number of aryl methyl sites for hydroxylation is 1. The standard InChI is InChI=1S/C13H19NO/c1-9-5-6-11(10(2)12(9)15)13(3)7-4-8-14-13/h5-6,14-15H,4,7-8H2,1-3H3. The minimum Gasteiger partial charge on any atom is -0.507 e. The third-order valence-corrected chi connectivity index (χ3v) is 3.60. The van der Waals surface area contributed by atoms with E-state index in [-0.39, 0.29) is 5.54 Å². The minimum absolute atomic E-state index is 0.0509. The van der Waals surface area contributed by atoms with Gasteiger partial charge in [0.05, 0.1) is 0 Å². The maximum atomic E-state index is 9.93. The summed E-state index contributed by atoms with van der Waals surface area (Å²) in [7, 11) is 0. The van der Waals surface area contributed by atoms with E-state index in [2.05, 4.69) is 18.3 Å². The van der Waals surface area contributed by atoms with E-state index in [1.165, 1.54) is 12.0 Å². The fourth-order valence-electron chi connectivity index (χ4n) is 2.56. The number of benzene rings is 1. The molecule has 0 radical (unpaired) electrons. The number of aromatic hydroxyl groups is 1. The van der Waals surface area contributed by atoms with Crippen molar-refractivity contribution in [2.75, 3.05) is 6.54 Å². The van der Waals surface area contributed by atoms with Gasteiger partial charge in [0.2, 0.25) is 0 Å². The summed E-state index contributed by atoms with van der Waals surface area (Å²) in [6, 6.07) is 4.14. The normalized spacial score (nSPS) is 25.8. The number of phenolic OH excluding ortho intramolecular Hbond substituents is 1. The van der Waals surface area contributed by atoms with Gasteiger partial charge in [0.1, 0.15) is 5.75 Å². The molecule has 1 aromatic rings. The van der Waals surface area contributed by atoms with Crippen LogP contribution in [0.5, 0.6) is 5.75 Å². The van der Waals surface area contributed by atoms with E-state index in [9.17, 15) is 5.11 Å². The Hall–Kier alpha value is -1.02. The largest absolute Gasteiger partial charge is 0.507 e. The number of phenols is 1. The molecule has 1 heterocycles. The lowest BCUT2D eigenvalue weighted by Crippen LogP contribution is -2.33. The maximum Gasteiger partial charge on any atom is 0.121 e. The molecule has 1 saturated heterocycles. The molecule has 1 aromatic carbocycles. The molecule has 0 amide bonds. The highest BCUT2D eigenvalue weighted by Gasteiger charge is 2.31. The molecular formula is C13H19NO. The molecule has 2 nitrogen and oxygen atoms in total. The molecule has 1 unspecified atom stereocenters. The van der Waals surface area contributed by atoms with Crippen molar-refractivity contribution in [2.45, 2.75) is 39.2 Å². The summed E-state index contributed by atoms with van der Waals surface area (Å²) in [4.78, 5) is 0. The molecule has 2 heteroatoms. The Morgan fingerprint density at radius 1 is 1.33 bits per heavy atom. The molecule has 0 spiro atoms. The zero-order valence-corrected chi connectivity index (χ0v) is 9.72. The first kappa shape index (κ1) is 10.5. The van der Waals surface area contributed by atoms with Crippen LogP contribution in [0.25, 0.3) is 0 Å². The quantitative estimate of drug-likeness (QED) is 0.738. The van der Waals surface area contributed by atoms with E-state index in [4.69, 9.17) is 0 Å². The van der Waals surface area contributed by atoms with E-state index in [0.29, 0.717) is 5.75 Å². The molecular weight excluding hydrogens is 186 g/mol. The number of hydrogen-bond donors (Lipinski definition) is 2. The average molecular weight is 205 g/mol. The number of rotatable bonds is 1. The number of hydrogen-bond acceptors (Lipinski definition) is 2. The van der Waals surface area contributed by atoms with E-state index < -0.39 is 0 Å². The van der Waals surface area contributed by atoms with Crippen molar-refractivity contribution in [2.24, 2.45) is 0 Å². The molecule has 1 aliphatic rings. The highest BCUT2D eigenvalue weighted by Crippen LogP contribution is 2.36. The molecule has 82 valence electrons. The van der Waals surface area contributed by atoms with Gasteiger partial charge >= 0.3 is 0 Å². The Kier molecular flexibility index (Phi) is 2.47. The van der Waals surface area contributed by atoms with Crippen LogP contribution < -0.4 is 5.32 Å². The van der Waals surface area contributed by atoms with E-state index in [1.54, 1.807) is 0 Å². The first-order valence-electron chi connectivity index (χ1n) is 5.59. The lowest BCUT2D eigenvalue weighted by Gasteiger charge is -2.27. The van der Waals surface area contributed by atoms with Gasteiger partial charge < -0.3 is 10.4 Å². The molecule has 1 aliphatic heterocycles. The SMILES string of the molecule is Cc1ccc(C2(C)CCCN2)c(C)c1O. The zero-order chi connectivity index (χ0) is 11.1. The van der Waals surface area contributed by atoms with Crippen LogP contribution in [-0.2, 0) is 5.54 Å². The molecule has 0 bridgehead atoms. The van der Waals surface area contributed by atoms with Crippen molar-refractivity contribution in [3.8, 4) is 5.75 Å². The molecule has 0 aliphatic carbocycles. The second-order valence-corrected chi connectivity index (χ2v) is 4.77. The molecule has 0 saturated carbocycles. The van der Waals surface area contributed by atoms with Crippen molar-refractivity contribution in [3.63, 3.8) is 0 Å². The first-order valence-corrected chi connectivity index (χ1v) is 5.59. The van der Waals surface area contributed by atoms with Gasteiger partial charge in [0.15, 0.2) is 0 Å². The first-order chi connectivity index (χ1) is 7.04. The van der Waals surface area contributed by atoms with Crippen LogP contribution in [0.4, 0.5) is 0 Å². The third-order valence-electron chi connectivity index (χ3n) is 3.60. The Labute approximate surface area is 91.3 Å². The molecule has 2 rings (SSSR count). The lowest BCUT2D eigenvalue weighted by atomic mass is 9.86. The second-order valence-electron chi connectivity index (χ2n) is 4.77. The van der Waals surface area contributed by atoms with Gasteiger partial charge in [-0.2, -0.15) is 0 Å². The monoisotopic (exact) mass is 205 g/mol. The van der Waals surface area contributed by atoms with Gasteiger partial charge in [0, 0.05) is 5.54 Å². The molecule has 15 heavy (non-hydrogen) atoms. The summed E-state index contributed by atoms with van der Waals surface area (Å²) >= 11 is 0. The van der Waals surface area contributed by atoms with Gasteiger partial charge in [-0.15, -0.1) is 0 Å². The van der Waals surface area contributed by atoms with Crippen molar-refractivity contribution in [1.82, 2.24) is 5.32 Å². The van der Waals surface area contributed by atoms with Crippen molar-refractivity contribution in [1.29, 1.82) is 0 Å². The Morgan fingerprint density at radius 3 is 2.67 bits per heavy atom. The van der Waals surface area contributed by atoms with Crippen molar-refractivity contribution < 1.29 is 5.11 Å². The van der Waals surface area contributed by atoms with Crippen LogP contribution in [0.3, 0.4) is 0 Å². The van der Waals surface area contributed by atoms with E-state index in [1.807, 2.05) is 19.9 Å². The summed E-state index contributed by atoms with van der Waals surface area (Å²) in [5.74, 6) is 0.447. The van der Waals surface area contributed by atoms with Crippen molar-refractivity contribution >= 4 is 0 Å². The van der Waals surface area contributed by atoms with Gasteiger partial charge in [-0.25, -0.2) is 0 Å². The van der Waals surface area contributed by atoms with Crippen LogP contribution in [-0.4, -0.2) is 11.7 Å². The zero-order valence-electron chi connectivity index (χ0n) is 9.72. The predicted octanol–water partition coefficient (Wildman–Crippen LogP) is 2.61. The van der Waals surface area contributed by atoms with Gasteiger partial charge in [-0.3, -0.25) is 0 Å². The fourth-order valence-corrected chi connectivity index (χ4v) is 2.56. The van der Waals surface area contributed by atoms with Crippen LogP contribution in [0.15, 0.2) is 12.1 Å². The maximum absolute atomic E-state index is 9.93. The van der Waals surface area contributed by atoms with Gasteiger partial charge in [-0.05, 0) is 56.8 Å². The summed E-state index contributed by atoms with van der Waals surface area (Å²) < 4.78 is 0. The fraction of sp³-hybridized carbons (Fsp3) is 0.538. The second kappa shape index (κ2) is 3.53. The van der Waals surface area contributed by atoms with Gasteiger partial charge in [0.25, 0.3) is 0 Å². The molecule has 0 aromatic heterocycles. The lowest BCUT2D eigenvalue weighted by molar-refractivity contribution is 0.421. The molecule has 1 atom stereocenters. The highest BCUT2D eigenvalue weighted by molar-refractivity contribution is 5.47. The van der Waals surface area contributed by atoms with Gasteiger partial charge in [-0.1, -0.05) is 12.1 Å². The summed E-state index contributed by atoms with van der Waals surface area (Å²) in [5.41, 5.74) is 3.27. The Balaban J connectivity index is 2.49. The topological polar surface area (TPSA) is 32.3 Å². The molecule has 2 N–H and O–H groups in total. The Morgan fingerprint density at radius 2 is 2.07 bits per heavy atom. The minimum atomic E-state index is 0.0509. The highest BCUT2D eigenvalue weighted by atomic mass is 16.3. The summed E-state index contributed by atoms with van der Waals surface area (Å²) in [6.45, 7) is 7.24. The third kappa shape index (κ3) is 1.63. The number of nitrogens with one attached hydrogen (secondary N) is 1. The van der Waals surface area contributed by atoms with E-state index >= 15 is 0 Å². The van der Waals surface area contributed by atoms with Crippen LogP contribution in [0.1, 0.15) is 36.5 Å². The smallest absolute Gasteiger partial charge is 0.121 e. The summed E-state index contributed by atoms with van der Waals surface area (Å²) in [6.07, 6.45) is 2.36. The average Bonchev–Trinajstić information content (AvgIpc) is 2.62. The van der Waals surface area contributed by atoms with Crippen LogP contribution >= 0.6 is 0 Å². The van der Waals surface area contributed by atoms with Crippen LogP contribution in [0.2, 0.25) is 0 Å². The molecule has 1 fully saturated rings. The van der Waals surface area contributed by atoms with Crippen LogP contribution in [0, 0.1) is 13.8 Å². The Bertz CT molecular complexity index is 378. The van der Waals surface area contributed by atoms with E-state index in [0.717, 1.165) is 24.1 Å². The predicted molar refractivity (Wildman–Crippen MR) is 62.2 cm³/mol. The van der Waals surface area contributed by atoms with Crippen molar-refractivity contribution in [3.05, 3.63) is 28.8 Å². The summed E-state index contributed by atoms with van der Waals surface area (Å²) in [5, 5.41) is 13.5.